The Hall–Kier alpha value is -1.43. The van der Waals surface area contributed by atoms with Gasteiger partial charge in [-0.15, -0.1) is 0 Å². The van der Waals surface area contributed by atoms with Crippen LogP contribution in [0.1, 0.15) is 10.4 Å². The Balaban J connectivity index is 2.66. The molecule has 0 saturated carbocycles. The standard InChI is InChI=1S/C9H6BrFN2O2/c1-15-8(14)4-2-6-7(3-5(4)10)13-9(11)12-6/h2-3H,1H3,(H,12,13). The van der Waals surface area contributed by atoms with Gasteiger partial charge < -0.3 is 9.72 Å². The molecule has 0 aliphatic carbocycles. The lowest BCUT2D eigenvalue weighted by atomic mass is 10.2. The summed E-state index contributed by atoms with van der Waals surface area (Å²) in [4.78, 5) is 17.3. The molecule has 2 rings (SSSR count). The summed E-state index contributed by atoms with van der Waals surface area (Å²) >= 11 is 3.20. The maximum Gasteiger partial charge on any atom is 0.339 e. The van der Waals surface area contributed by atoms with E-state index in [1.807, 2.05) is 0 Å². The second kappa shape index (κ2) is 3.62. The van der Waals surface area contributed by atoms with Gasteiger partial charge in [0.25, 0.3) is 6.08 Å². The number of aromatic amines is 1. The Morgan fingerprint density at radius 3 is 3.00 bits per heavy atom. The van der Waals surface area contributed by atoms with E-state index in [-0.39, 0.29) is 0 Å². The van der Waals surface area contributed by atoms with Crippen molar-refractivity contribution in [2.24, 2.45) is 0 Å². The van der Waals surface area contributed by atoms with E-state index in [0.29, 0.717) is 21.1 Å². The van der Waals surface area contributed by atoms with Crippen LogP contribution < -0.4 is 0 Å². The topological polar surface area (TPSA) is 55.0 Å². The molecule has 0 atom stereocenters. The molecule has 78 valence electrons. The molecule has 0 spiro atoms. The zero-order valence-corrected chi connectivity index (χ0v) is 9.26. The Labute approximate surface area is 92.6 Å². The molecule has 0 unspecified atom stereocenters. The number of benzene rings is 1. The lowest BCUT2D eigenvalue weighted by Crippen LogP contribution is -2.02. The van der Waals surface area contributed by atoms with E-state index in [0.717, 1.165) is 0 Å². The molecule has 1 aromatic carbocycles. The summed E-state index contributed by atoms with van der Waals surface area (Å²) in [5.41, 5.74) is 1.22. The molecule has 0 fully saturated rings. The van der Waals surface area contributed by atoms with Gasteiger partial charge in [-0.2, -0.15) is 4.39 Å². The molecule has 0 amide bonds. The minimum absolute atomic E-state index is 0.316. The van der Waals surface area contributed by atoms with Crippen molar-refractivity contribution in [1.29, 1.82) is 0 Å². The van der Waals surface area contributed by atoms with Crippen LogP contribution in [0.5, 0.6) is 0 Å². The largest absolute Gasteiger partial charge is 0.465 e. The van der Waals surface area contributed by atoms with Crippen molar-refractivity contribution >= 4 is 32.9 Å². The molecule has 0 radical (unpaired) electrons. The number of esters is 1. The van der Waals surface area contributed by atoms with Crippen molar-refractivity contribution in [1.82, 2.24) is 9.97 Å². The number of halogens is 2. The van der Waals surface area contributed by atoms with Gasteiger partial charge >= 0.3 is 5.97 Å². The van der Waals surface area contributed by atoms with Crippen molar-refractivity contribution in [2.45, 2.75) is 0 Å². The molecule has 2 aromatic rings. The lowest BCUT2D eigenvalue weighted by Gasteiger charge is -2.01. The van der Waals surface area contributed by atoms with Gasteiger partial charge in [-0.25, -0.2) is 9.78 Å². The first kappa shape index (κ1) is 10.1. The summed E-state index contributed by atoms with van der Waals surface area (Å²) in [6.07, 6.45) is -0.682. The van der Waals surface area contributed by atoms with Crippen LogP contribution in [0, 0.1) is 6.08 Å². The molecule has 1 aromatic heterocycles. The normalized spacial score (nSPS) is 10.6. The number of H-pyrrole nitrogens is 1. The highest BCUT2D eigenvalue weighted by atomic mass is 79.9. The van der Waals surface area contributed by atoms with Gasteiger partial charge in [0.05, 0.1) is 23.7 Å². The molecule has 1 heterocycles. The lowest BCUT2D eigenvalue weighted by molar-refractivity contribution is 0.0600. The van der Waals surface area contributed by atoms with E-state index in [1.165, 1.54) is 13.2 Å². The van der Waals surface area contributed by atoms with Crippen molar-refractivity contribution in [2.75, 3.05) is 7.11 Å². The van der Waals surface area contributed by atoms with Gasteiger partial charge in [-0.3, -0.25) is 0 Å². The highest BCUT2D eigenvalue weighted by molar-refractivity contribution is 9.10. The average molecular weight is 273 g/mol. The van der Waals surface area contributed by atoms with Gasteiger partial charge in [-0.1, -0.05) is 0 Å². The van der Waals surface area contributed by atoms with Gasteiger partial charge in [0.1, 0.15) is 0 Å². The van der Waals surface area contributed by atoms with Crippen LogP contribution in [-0.4, -0.2) is 23.0 Å². The minimum atomic E-state index is -0.682. The first-order valence-electron chi connectivity index (χ1n) is 4.05. The van der Waals surface area contributed by atoms with Crippen LogP contribution >= 0.6 is 15.9 Å². The number of rotatable bonds is 1. The molecule has 0 saturated heterocycles. The molecule has 4 nitrogen and oxygen atoms in total. The van der Waals surface area contributed by atoms with Crippen LogP contribution in [0.25, 0.3) is 11.0 Å². The van der Waals surface area contributed by atoms with Crippen LogP contribution in [0.4, 0.5) is 4.39 Å². The number of hydrogen-bond acceptors (Lipinski definition) is 3. The summed E-state index contributed by atoms with van der Waals surface area (Å²) in [6.45, 7) is 0. The van der Waals surface area contributed by atoms with Crippen LogP contribution in [0.2, 0.25) is 0 Å². The predicted octanol–water partition coefficient (Wildman–Crippen LogP) is 2.25. The summed E-state index contributed by atoms with van der Waals surface area (Å²) < 4.78 is 17.9. The van der Waals surface area contributed by atoms with E-state index in [2.05, 4.69) is 30.6 Å². The monoisotopic (exact) mass is 272 g/mol. The number of ether oxygens (including phenoxy) is 1. The fraction of sp³-hybridized carbons (Fsp3) is 0.111. The van der Waals surface area contributed by atoms with E-state index >= 15 is 0 Å². The number of carbonyl (C=O) groups is 1. The number of methoxy groups -OCH3 is 1. The second-order valence-electron chi connectivity index (χ2n) is 2.87. The van der Waals surface area contributed by atoms with E-state index in [9.17, 15) is 9.18 Å². The summed E-state index contributed by atoms with van der Waals surface area (Å²) in [5.74, 6) is -0.493. The fourth-order valence-corrected chi connectivity index (χ4v) is 1.77. The number of aromatic nitrogens is 2. The number of carbonyl (C=O) groups excluding carboxylic acids is 1. The SMILES string of the molecule is COC(=O)c1cc2nc(F)[nH]c2cc1Br. The maximum absolute atomic E-state index is 12.8. The Kier molecular flexibility index (Phi) is 2.44. The van der Waals surface area contributed by atoms with Crippen molar-refractivity contribution in [3.8, 4) is 0 Å². The van der Waals surface area contributed by atoms with Crippen molar-refractivity contribution < 1.29 is 13.9 Å². The van der Waals surface area contributed by atoms with Crippen LogP contribution in [0.15, 0.2) is 16.6 Å². The minimum Gasteiger partial charge on any atom is -0.465 e. The maximum atomic E-state index is 12.8. The first-order valence-corrected chi connectivity index (χ1v) is 4.84. The summed E-state index contributed by atoms with van der Waals surface area (Å²) in [6, 6.07) is 3.04. The molecule has 6 heteroatoms. The Morgan fingerprint density at radius 2 is 2.33 bits per heavy atom. The molecular formula is C9H6BrFN2O2. The molecule has 15 heavy (non-hydrogen) atoms. The van der Waals surface area contributed by atoms with Crippen LogP contribution in [-0.2, 0) is 4.74 Å². The van der Waals surface area contributed by atoms with Gasteiger partial charge in [0.2, 0.25) is 0 Å². The zero-order chi connectivity index (χ0) is 11.0. The van der Waals surface area contributed by atoms with Crippen LogP contribution in [0.3, 0.4) is 0 Å². The molecule has 0 aliphatic rings. The smallest absolute Gasteiger partial charge is 0.339 e. The molecular weight excluding hydrogens is 267 g/mol. The summed E-state index contributed by atoms with van der Waals surface area (Å²) in [5, 5.41) is 0. The van der Waals surface area contributed by atoms with Gasteiger partial charge in [-0.05, 0) is 28.1 Å². The third kappa shape index (κ3) is 1.72. The Bertz CT molecular complexity index is 538. The van der Waals surface area contributed by atoms with Crippen molar-refractivity contribution in [3.63, 3.8) is 0 Å². The number of fused-ring (bicyclic) bond motifs is 1. The van der Waals surface area contributed by atoms with Gasteiger partial charge in [0.15, 0.2) is 0 Å². The molecule has 0 aliphatic heterocycles. The van der Waals surface area contributed by atoms with E-state index in [1.54, 1.807) is 6.07 Å². The third-order valence-corrected chi connectivity index (χ3v) is 2.60. The number of hydrogen-bond donors (Lipinski definition) is 1. The molecule has 1 N–H and O–H groups in total. The zero-order valence-electron chi connectivity index (χ0n) is 7.67. The summed E-state index contributed by atoms with van der Waals surface area (Å²) in [7, 11) is 1.28. The first-order chi connectivity index (χ1) is 7.11. The second-order valence-corrected chi connectivity index (χ2v) is 3.72. The van der Waals surface area contributed by atoms with Crippen molar-refractivity contribution in [3.05, 3.63) is 28.2 Å². The third-order valence-electron chi connectivity index (χ3n) is 1.95. The van der Waals surface area contributed by atoms with E-state index in [4.69, 9.17) is 0 Å². The predicted molar refractivity (Wildman–Crippen MR) is 55.1 cm³/mol. The fourth-order valence-electron chi connectivity index (χ4n) is 1.27. The quantitative estimate of drug-likeness (QED) is 0.811. The highest BCUT2D eigenvalue weighted by Gasteiger charge is 2.13. The number of nitrogens with zero attached hydrogens (tertiary/aromatic N) is 1. The average Bonchev–Trinajstić information content (AvgIpc) is 2.55. The highest BCUT2D eigenvalue weighted by Crippen LogP contribution is 2.23. The van der Waals surface area contributed by atoms with E-state index < -0.39 is 12.0 Å². The number of imidazole rings is 1. The van der Waals surface area contributed by atoms with Gasteiger partial charge in [0, 0.05) is 4.47 Å². The Morgan fingerprint density at radius 1 is 1.60 bits per heavy atom. The number of nitrogens with one attached hydrogen (secondary N) is 1. The molecule has 0 bridgehead atoms.